The highest BCUT2D eigenvalue weighted by Gasteiger charge is 2.33. The fourth-order valence-corrected chi connectivity index (χ4v) is 2.77. The van der Waals surface area contributed by atoms with Gasteiger partial charge in [0.1, 0.15) is 6.54 Å². The maximum absolute atomic E-state index is 12.9. The zero-order valence-electron chi connectivity index (χ0n) is 14.2. The summed E-state index contributed by atoms with van der Waals surface area (Å²) >= 11 is 5.52. The zero-order chi connectivity index (χ0) is 21.3. The van der Waals surface area contributed by atoms with Gasteiger partial charge in [-0.25, -0.2) is 4.98 Å². The highest BCUT2D eigenvalue weighted by atomic mass is 35.5. The van der Waals surface area contributed by atoms with Gasteiger partial charge in [-0.15, -0.1) is 0 Å². The Balaban J connectivity index is 1.86. The Morgan fingerprint density at radius 3 is 2.62 bits per heavy atom. The number of nitro benzene ring substituents is 1. The molecule has 2 aromatic carbocycles. The van der Waals surface area contributed by atoms with Gasteiger partial charge in [-0.05, 0) is 24.3 Å². The van der Waals surface area contributed by atoms with Crippen LogP contribution in [-0.2, 0) is 17.5 Å². The molecule has 0 atom stereocenters. The minimum absolute atomic E-state index is 0.0691. The number of hydrogen-bond donors (Lipinski definition) is 1. The van der Waals surface area contributed by atoms with Crippen molar-refractivity contribution in [2.24, 2.45) is 0 Å². The van der Waals surface area contributed by atoms with Crippen LogP contribution in [0.5, 0.6) is 0 Å². The second kappa shape index (κ2) is 7.51. The van der Waals surface area contributed by atoms with E-state index in [0.717, 1.165) is 23.0 Å². The molecule has 150 valence electrons. The van der Waals surface area contributed by atoms with Crippen LogP contribution < -0.4 is 10.9 Å². The average Bonchev–Trinajstić information content (AvgIpc) is 2.64. The Bertz CT molecular complexity index is 1190. The number of benzene rings is 2. The summed E-state index contributed by atoms with van der Waals surface area (Å²) in [6.45, 7) is -0.561. The van der Waals surface area contributed by atoms with Crippen molar-refractivity contribution in [3.8, 4) is 0 Å². The molecule has 0 aliphatic heterocycles. The van der Waals surface area contributed by atoms with Gasteiger partial charge in [-0.1, -0.05) is 11.6 Å². The van der Waals surface area contributed by atoms with Gasteiger partial charge in [0.25, 0.3) is 11.2 Å². The third kappa shape index (κ3) is 4.35. The molecule has 0 radical (unpaired) electrons. The van der Waals surface area contributed by atoms with Gasteiger partial charge >= 0.3 is 6.18 Å². The fourth-order valence-electron chi connectivity index (χ4n) is 2.55. The van der Waals surface area contributed by atoms with Crippen molar-refractivity contribution in [1.29, 1.82) is 0 Å². The molecule has 0 saturated heterocycles. The number of hydrogen-bond acceptors (Lipinski definition) is 5. The van der Waals surface area contributed by atoms with Crippen LogP contribution in [0, 0.1) is 10.1 Å². The van der Waals surface area contributed by atoms with Crippen LogP contribution in [0.1, 0.15) is 5.56 Å². The first kappa shape index (κ1) is 20.3. The molecule has 1 amide bonds. The Hall–Kier alpha value is -3.47. The lowest BCUT2D eigenvalue weighted by atomic mass is 10.2. The molecule has 0 spiro atoms. The average molecular weight is 427 g/mol. The Kier molecular flexibility index (Phi) is 5.25. The lowest BCUT2D eigenvalue weighted by molar-refractivity contribution is -0.384. The maximum atomic E-state index is 12.9. The van der Waals surface area contributed by atoms with E-state index in [0.29, 0.717) is 6.07 Å². The number of nitro groups is 1. The second-order valence-electron chi connectivity index (χ2n) is 5.88. The van der Waals surface area contributed by atoms with Crippen molar-refractivity contribution in [3.63, 3.8) is 0 Å². The third-order valence-corrected chi connectivity index (χ3v) is 4.22. The smallest absolute Gasteiger partial charge is 0.325 e. The molecule has 0 aliphatic carbocycles. The van der Waals surface area contributed by atoms with E-state index in [1.54, 1.807) is 0 Å². The van der Waals surface area contributed by atoms with Crippen LogP contribution in [0.3, 0.4) is 0 Å². The molecule has 12 heteroatoms. The number of alkyl halides is 3. The number of fused-ring (bicyclic) bond motifs is 1. The van der Waals surface area contributed by atoms with Crippen molar-refractivity contribution < 1.29 is 22.9 Å². The normalized spacial score (nSPS) is 11.4. The molecule has 3 aromatic rings. The molecule has 3 rings (SSSR count). The van der Waals surface area contributed by atoms with Crippen LogP contribution in [0.15, 0.2) is 47.5 Å². The minimum atomic E-state index is -4.70. The van der Waals surface area contributed by atoms with Gasteiger partial charge in [0.05, 0.1) is 32.7 Å². The number of carbonyl (C=O) groups excluding carboxylic acids is 1. The van der Waals surface area contributed by atoms with Gasteiger partial charge in [0.15, 0.2) is 0 Å². The van der Waals surface area contributed by atoms with Gasteiger partial charge < -0.3 is 5.32 Å². The second-order valence-corrected chi connectivity index (χ2v) is 6.28. The number of nitrogens with zero attached hydrogens (tertiary/aromatic N) is 3. The summed E-state index contributed by atoms with van der Waals surface area (Å²) in [5, 5.41) is 12.5. The first-order valence-corrected chi connectivity index (χ1v) is 8.24. The van der Waals surface area contributed by atoms with Crippen molar-refractivity contribution in [1.82, 2.24) is 9.55 Å². The lowest BCUT2D eigenvalue weighted by Gasteiger charge is -2.12. The quantitative estimate of drug-likeness (QED) is 0.506. The Morgan fingerprint density at radius 1 is 1.24 bits per heavy atom. The molecule has 0 aliphatic rings. The number of halogens is 4. The van der Waals surface area contributed by atoms with E-state index >= 15 is 0 Å². The molecule has 29 heavy (non-hydrogen) atoms. The highest BCUT2D eigenvalue weighted by molar-refractivity contribution is 6.31. The van der Waals surface area contributed by atoms with Crippen LogP contribution in [0.4, 0.5) is 24.5 Å². The van der Waals surface area contributed by atoms with E-state index in [1.165, 1.54) is 18.2 Å². The van der Waals surface area contributed by atoms with Crippen molar-refractivity contribution in [2.45, 2.75) is 12.7 Å². The van der Waals surface area contributed by atoms with Gasteiger partial charge in [0, 0.05) is 17.8 Å². The van der Waals surface area contributed by atoms with Crippen molar-refractivity contribution in [3.05, 3.63) is 73.8 Å². The number of amides is 1. The van der Waals surface area contributed by atoms with E-state index in [-0.39, 0.29) is 22.3 Å². The van der Waals surface area contributed by atoms with Crippen LogP contribution in [0.25, 0.3) is 10.9 Å². The predicted molar refractivity (Wildman–Crippen MR) is 97.7 cm³/mol. The summed E-state index contributed by atoms with van der Waals surface area (Å²) in [6.07, 6.45) is -3.63. The van der Waals surface area contributed by atoms with E-state index in [2.05, 4.69) is 10.3 Å². The van der Waals surface area contributed by atoms with E-state index in [4.69, 9.17) is 11.6 Å². The predicted octanol–water partition coefficient (Wildman–Crippen LogP) is 3.62. The minimum Gasteiger partial charge on any atom is -0.325 e. The monoisotopic (exact) mass is 426 g/mol. The number of carbonyl (C=O) groups is 1. The molecule has 1 aromatic heterocycles. The summed E-state index contributed by atoms with van der Waals surface area (Å²) in [6, 6.07) is 6.36. The maximum Gasteiger partial charge on any atom is 0.417 e. The van der Waals surface area contributed by atoms with E-state index < -0.39 is 39.7 Å². The first-order valence-electron chi connectivity index (χ1n) is 7.86. The molecule has 0 bridgehead atoms. The highest BCUT2D eigenvalue weighted by Crippen LogP contribution is 2.36. The number of non-ortho nitro benzene ring substituents is 1. The molecular weight excluding hydrogens is 417 g/mol. The van der Waals surface area contributed by atoms with Crippen molar-refractivity contribution in [2.75, 3.05) is 5.32 Å². The largest absolute Gasteiger partial charge is 0.417 e. The molecule has 0 unspecified atom stereocenters. The van der Waals surface area contributed by atoms with Crippen LogP contribution in [-0.4, -0.2) is 20.4 Å². The SMILES string of the molecule is O=C(Cn1cnc2ccc([N+](=O)[O-])cc2c1=O)Nc1ccc(Cl)c(C(F)(F)F)c1. The summed E-state index contributed by atoms with van der Waals surface area (Å²) in [7, 11) is 0. The van der Waals surface area contributed by atoms with Gasteiger partial charge in [-0.3, -0.25) is 24.3 Å². The summed E-state index contributed by atoms with van der Waals surface area (Å²) in [5.41, 5.74) is -2.11. The molecule has 1 heterocycles. The number of nitrogens with one attached hydrogen (secondary N) is 1. The van der Waals surface area contributed by atoms with Gasteiger partial charge in [-0.2, -0.15) is 13.2 Å². The molecule has 0 saturated carbocycles. The van der Waals surface area contributed by atoms with E-state index in [9.17, 15) is 32.9 Å². The summed E-state index contributed by atoms with van der Waals surface area (Å²) < 4.78 is 39.6. The van der Waals surface area contributed by atoms with Crippen LogP contribution in [0.2, 0.25) is 5.02 Å². The van der Waals surface area contributed by atoms with Crippen molar-refractivity contribution >= 4 is 39.8 Å². The molecule has 1 N–H and O–H groups in total. The van der Waals surface area contributed by atoms with Crippen LogP contribution >= 0.6 is 11.6 Å². The lowest BCUT2D eigenvalue weighted by Crippen LogP contribution is -2.28. The number of aromatic nitrogens is 2. The fraction of sp³-hybridized carbons (Fsp3) is 0.118. The summed E-state index contributed by atoms with van der Waals surface area (Å²) in [4.78, 5) is 38.8. The van der Waals surface area contributed by atoms with E-state index in [1.807, 2.05) is 0 Å². The third-order valence-electron chi connectivity index (χ3n) is 3.89. The molecule has 0 fully saturated rings. The first-order chi connectivity index (χ1) is 13.6. The Labute approximate surface area is 164 Å². The zero-order valence-corrected chi connectivity index (χ0v) is 15.0. The molecular formula is C17H10ClF3N4O4. The number of anilines is 1. The standard InChI is InChI=1S/C17H10ClF3N4O4/c18-13-3-1-9(5-12(13)17(19,20)21)23-15(26)7-24-8-22-14-4-2-10(25(28)29)6-11(14)16(24)27/h1-6,8H,7H2,(H,23,26). The Morgan fingerprint density at radius 2 is 1.97 bits per heavy atom. The summed E-state index contributed by atoms with van der Waals surface area (Å²) in [5.74, 6) is -0.797. The molecule has 8 nitrogen and oxygen atoms in total. The van der Waals surface area contributed by atoms with Gasteiger partial charge in [0.2, 0.25) is 5.91 Å². The topological polar surface area (TPSA) is 107 Å². The number of rotatable bonds is 4.